The van der Waals surface area contributed by atoms with Crippen LogP contribution >= 0.6 is 0 Å². The largest absolute Gasteiger partial charge is 0.497 e. The van der Waals surface area contributed by atoms with Crippen molar-refractivity contribution in [2.45, 2.75) is 26.2 Å². The maximum atomic E-state index is 5.83. The second-order valence-corrected chi connectivity index (χ2v) is 6.26. The number of benzene rings is 3. The lowest BCUT2D eigenvalue weighted by atomic mass is 10.1. The van der Waals surface area contributed by atoms with Crippen molar-refractivity contribution >= 4 is 10.8 Å². The predicted molar refractivity (Wildman–Crippen MR) is 108 cm³/mol. The summed E-state index contributed by atoms with van der Waals surface area (Å²) in [7, 11) is 1.66. The molecular formula is C24H24O2. The second-order valence-electron chi connectivity index (χ2n) is 6.26. The molecule has 132 valence electrons. The zero-order valence-corrected chi connectivity index (χ0v) is 15.4. The van der Waals surface area contributed by atoms with Crippen molar-refractivity contribution in [2.75, 3.05) is 13.7 Å². The average molecular weight is 344 g/mol. The molecule has 0 N–H and O–H groups in total. The summed E-state index contributed by atoms with van der Waals surface area (Å²) in [5.74, 6) is 8.21. The van der Waals surface area contributed by atoms with Crippen LogP contribution in [0.2, 0.25) is 0 Å². The highest BCUT2D eigenvalue weighted by Gasteiger charge is 1.99. The fourth-order valence-corrected chi connectivity index (χ4v) is 2.75. The van der Waals surface area contributed by atoms with Gasteiger partial charge in [-0.25, -0.2) is 0 Å². The number of methoxy groups -OCH3 is 1. The molecule has 0 aliphatic rings. The fourth-order valence-electron chi connectivity index (χ4n) is 2.75. The van der Waals surface area contributed by atoms with Gasteiger partial charge in [0.05, 0.1) is 13.7 Å². The molecule has 0 bridgehead atoms. The molecule has 0 fully saturated rings. The van der Waals surface area contributed by atoms with E-state index in [9.17, 15) is 0 Å². The third-order valence-electron chi connectivity index (χ3n) is 4.27. The summed E-state index contributed by atoms with van der Waals surface area (Å²) in [6, 6.07) is 20.3. The molecule has 0 aliphatic heterocycles. The normalized spacial score (nSPS) is 10.2. The quantitative estimate of drug-likeness (QED) is 0.414. The van der Waals surface area contributed by atoms with E-state index in [1.165, 1.54) is 23.6 Å². The Kier molecular flexibility index (Phi) is 6.17. The first kappa shape index (κ1) is 17.9. The summed E-state index contributed by atoms with van der Waals surface area (Å²) >= 11 is 0. The number of unbranched alkanes of at least 4 members (excludes halogenated alkanes) is 2. The number of hydrogen-bond acceptors (Lipinski definition) is 2. The third kappa shape index (κ3) is 4.80. The Morgan fingerprint density at radius 1 is 0.731 bits per heavy atom. The Bertz CT molecular complexity index is 914. The van der Waals surface area contributed by atoms with E-state index in [4.69, 9.17) is 9.47 Å². The van der Waals surface area contributed by atoms with Crippen LogP contribution in [-0.2, 0) is 0 Å². The summed E-state index contributed by atoms with van der Waals surface area (Å²) in [6.45, 7) is 2.98. The summed E-state index contributed by atoms with van der Waals surface area (Å²) < 4.78 is 11.0. The van der Waals surface area contributed by atoms with E-state index >= 15 is 0 Å². The fraction of sp³-hybridized carbons (Fsp3) is 0.250. The molecule has 0 saturated heterocycles. The zero-order valence-electron chi connectivity index (χ0n) is 15.4. The first-order valence-corrected chi connectivity index (χ1v) is 9.11. The Hall–Kier alpha value is -2.92. The summed E-state index contributed by atoms with van der Waals surface area (Å²) in [4.78, 5) is 0. The molecule has 2 nitrogen and oxygen atoms in total. The molecule has 3 aromatic carbocycles. The van der Waals surface area contributed by atoms with Gasteiger partial charge in [-0.15, -0.1) is 0 Å². The van der Waals surface area contributed by atoms with Crippen LogP contribution in [0.3, 0.4) is 0 Å². The van der Waals surface area contributed by atoms with Gasteiger partial charge in [0.15, 0.2) is 0 Å². The van der Waals surface area contributed by atoms with Crippen molar-refractivity contribution in [1.82, 2.24) is 0 Å². The lowest BCUT2D eigenvalue weighted by Gasteiger charge is -2.07. The number of fused-ring (bicyclic) bond motifs is 1. The SMILES string of the molecule is CCCCCOc1ccc2cc(C#Cc3ccc(OC)cc3)ccc2c1. The van der Waals surface area contributed by atoms with Gasteiger partial charge in [0.2, 0.25) is 0 Å². The maximum Gasteiger partial charge on any atom is 0.119 e. The van der Waals surface area contributed by atoms with Crippen molar-refractivity contribution in [1.29, 1.82) is 0 Å². The minimum atomic E-state index is 0.783. The van der Waals surface area contributed by atoms with Crippen molar-refractivity contribution in [2.24, 2.45) is 0 Å². The first-order valence-electron chi connectivity index (χ1n) is 9.11. The Balaban J connectivity index is 1.72. The van der Waals surface area contributed by atoms with Gasteiger partial charge in [-0.3, -0.25) is 0 Å². The van der Waals surface area contributed by atoms with Crippen molar-refractivity contribution in [3.63, 3.8) is 0 Å². The summed E-state index contributed by atoms with van der Waals surface area (Å²) in [5.41, 5.74) is 1.98. The molecule has 26 heavy (non-hydrogen) atoms. The molecule has 0 spiro atoms. The smallest absolute Gasteiger partial charge is 0.119 e. The van der Waals surface area contributed by atoms with Crippen LogP contribution in [-0.4, -0.2) is 13.7 Å². The van der Waals surface area contributed by atoms with Gasteiger partial charge in [-0.2, -0.15) is 0 Å². The highest BCUT2D eigenvalue weighted by atomic mass is 16.5. The number of hydrogen-bond donors (Lipinski definition) is 0. The Morgan fingerprint density at radius 3 is 2.15 bits per heavy atom. The van der Waals surface area contributed by atoms with E-state index in [0.717, 1.165) is 35.7 Å². The number of ether oxygens (including phenoxy) is 2. The molecule has 0 atom stereocenters. The zero-order chi connectivity index (χ0) is 18.2. The minimum Gasteiger partial charge on any atom is -0.497 e. The van der Waals surface area contributed by atoms with Crippen LogP contribution in [0.1, 0.15) is 37.3 Å². The lowest BCUT2D eigenvalue weighted by molar-refractivity contribution is 0.306. The van der Waals surface area contributed by atoms with Gasteiger partial charge >= 0.3 is 0 Å². The molecule has 3 rings (SSSR count). The van der Waals surface area contributed by atoms with Crippen molar-refractivity contribution < 1.29 is 9.47 Å². The molecule has 0 unspecified atom stereocenters. The topological polar surface area (TPSA) is 18.5 Å². The number of rotatable bonds is 6. The second kappa shape index (κ2) is 8.97. The van der Waals surface area contributed by atoms with Crippen molar-refractivity contribution in [3.05, 3.63) is 71.8 Å². The average Bonchev–Trinajstić information content (AvgIpc) is 2.70. The molecular weight excluding hydrogens is 320 g/mol. The Morgan fingerprint density at radius 2 is 1.38 bits per heavy atom. The molecule has 0 saturated carbocycles. The minimum absolute atomic E-state index is 0.783. The third-order valence-corrected chi connectivity index (χ3v) is 4.27. The van der Waals surface area contributed by atoms with Crippen LogP contribution in [0.5, 0.6) is 11.5 Å². The van der Waals surface area contributed by atoms with Gasteiger partial charge in [-0.05, 0) is 65.7 Å². The first-order chi connectivity index (χ1) is 12.8. The molecule has 3 aromatic rings. The maximum absolute atomic E-state index is 5.83. The highest BCUT2D eigenvalue weighted by molar-refractivity contribution is 5.85. The van der Waals surface area contributed by atoms with Gasteiger partial charge < -0.3 is 9.47 Å². The van der Waals surface area contributed by atoms with Gasteiger partial charge in [-0.1, -0.05) is 43.7 Å². The van der Waals surface area contributed by atoms with Gasteiger partial charge in [0, 0.05) is 11.1 Å². The molecule has 0 radical (unpaired) electrons. The molecule has 0 aliphatic carbocycles. The van der Waals surface area contributed by atoms with E-state index in [1.54, 1.807) is 7.11 Å². The summed E-state index contributed by atoms with van der Waals surface area (Å²) in [5, 5.41) is 2.35. The van der Waals surface area contributed by atoms with E-state index in [2.05, 4.69) is 49.1 Å². The van der Waals surface area contributed by atoms with Crippen LogP contribution in [0, 0.1) is 11.8 Å². The van der Waals surface area contributed by atoms with E-state index in [1.807, 2.05) is 30.3 Å². The Labute approximate surface area is 155 Å². The van der Waals surface area contributed by atoms with E-state index in [0.29, 0.717) is 0 Å². The monoisotopic (exact) mass is 344 g/mol. The molecule has 0 heterocycles. The van der Waals surface area contributed by atoms with Crippen LogP contribution < -0.4 is 9.47 Å². The predicted octanol–water partition coefficient (Wildman–Crippen LogP) is 5.82. The van der Waals surface area contributed by atoms with Crippen molar-refractivity contribution in [3.8, 4) is 23.3 Å². The van der Waals surface area contributed by atoms with E-state index in [-0.39, 0.29) is 0 Å². The molecule has 2 heteroatoms. The highest BCUT2D eigenvalue weighted by Crippen LogP contribution is 2.22. The van der Waals surface area contributed by atoms with Crippen LogP contribution in [0.25, 0.3) is 10.8 Å². The van der Waals surface area contributed by atoms with Gasteiger partial charge in [0.1, 0.15) is 11.5 Å². The standard InChI is InChI=1S/C24H24O2/c1-3-4-5-16-26-24-15-12-21-17-20(8-11-22(21)18-24)7-6-19-9-13-23(25-2)14-10-19/h8-15,17-18H,3-5,16H2,1-2H3. The summed E-state index contributed by atoms with van der Waals surface area (Å²) in [6.07, 6.45) is 3.53. The van der Waals surface area contributed by atoms with Gasteiger partial charge in [0.25, 0.3) is 0 Å². The van der Waals surface area contributed by atoms with E-state index < -0.39 is 0 Å². The molecule has 0 amide bonds. The lowest BCUT2D eigenvalue weighted by Crippen LogP contribution is -1.96. The van der Waals surface area contributed by atoms with Crippen LogP contribution in [0.15, 0.2) is 60.7 Å². The molecule has 0 aromatic heterocycles. The van der Waals surface area contributed by atoms with Crippen LogP contribution in [0.4, 0.5) is 0 Å².